The number of hydrogen-bond acceptors (Lipinski definition) is 4. The Hall–Kier alpha value is -4.36. The number of hydrogen-bond donors (Lipinski definition) is 2. The molecule has 2 N–H and O–H groups in total. The zero-order valence-electron chi connectivity index (χ0n) is 22.5. The topological polar surface area (TPSA) is 73.5 Å². The van der Waals surface area contributed by atoms with Crippen LogP contribution in [-0.2, 0) is 6.54 Å². The molecular weight excluding hydrogens is 487 g/mol. The maximum atomic E-state index is 14.0. The molecule has 4 heterocycles. The van der Waals surface area contributed by atoms with Gasteiger partial charge in [-0.3, -0.25) is 15.0 Å². The van der Waals surface area contributed by atoms with Gasteiger partial charge in [-0.2, -0.15) is 5.10 Å². The van der Waals surface area contributed by atoms with Crippen molar-refractivity contribution < 1.29 is 4.39 Å². The van der Waals surface area contributed by atoms with Crippen molar-refractivity contribution in [3.8, 4) is 11.5 Å². The molecular formula is C32H33FN6. The lowest BCUT2D eigenvalue weighted by Gasteiger charge is -2.14. The number of pyridine rings is 1. The Morgan fingerprint density at radius 3 is 2.72 bits per heavy atom. The summed E-state index contributed by atoms with van der Waals surface area (Å²) >= 11 is 0. The number of halogens is 1. The van der Waals surface area contributed by atoms with Crippen molar-refractivity contribution in [2.24, 2.45) is 0 Å². The van der Waals surface area contributed by atoms with E-state index in [0.29, 0.717) is 17.2 Å². The first-order valence-corrected chi connectivity index (χ1v) is 13.2. The van der Waals surface area contributed by atoms with Crippen molar-refractivity contribution in [3.63, 3.8) is 0 Å². The predicted octanol–water partition coefficient (Wildman–Crippen LogP) is 5.15. The van der Waals surface area contributed by atoms with Crippen molar-refractivity contribution in [3.05, 3.63) is 112 Å². The maximum Gasteiger partial charge on any atom is 0.159 e. The number of aromatic nitrogens is 5. The summed E-state index contributed by atoms with van der Waals surface area (Å²) in [7, 11) is 0. The molecule has 0 atom stereocenters. The number of imidazole rings is 1. The molecule has 0 radical (unpaired) electrons. The highest BCUT2D eigenvalue weighted by Gasteiger charge is 2.17. The van der Waals surface area contributed by atoms with Gasteiger partial charge in [0.1, 0.15) is 11.5 Å². The Morgan fingerprint density at radius 1 is 1.15 bits per heavy atom. The monoisotopic (exact) mass is 520 g/mol. The van der Waals surface area contributed by atoms with Gasteiger partial charge in [0.25, 0.3) is 0 Å². The fraction of sp³-hybridized carbons (Fsp3) is 0.219. The van der Waals surface area contributed by atoms with Crippen molar-refractivity contribution in [2.75, 3.05) is 13.1 Å². The number of H-pyrrole nitrogens is 2. The van der Waals surface area contributed by atoms with E-state index >= 15 is 0 Å². The highest BCUT2D eigenvalue weighted by molar-refractivity contribution is 5.88. The van der Waals surface area contributed by atoms with E-state index in [-0.39, 0.29) is 5.82 Å². The molecule has 5 rings (SSSR count). The van der Waals surface area contributed by atoms with Gasteiger partial charge in [-0.25, -0.2) is 9.37 Å². The maximum absolute atomic E-state index is 14.0. The first kappa shape index (κ1) is 26.3. The van der Waals surface area contributed by atoms with E-state index in [1.165, 1.54) is 30.5 Å². The summed E-state index contributed by atoms with van der Waals surface area (Å²) in [5, 5.41) is 9.47. The number of aromatic amines is 2. The summed E-state index contributed by atoms with van der Waals surface area (Å²) in [6, 6.07) is 8.64. The van der Waals surface area contributed by atoms with Crippen LogP contribution in [-0.4, -0.2) is 43.1 Å². The number of likely N-dealkylation sites (tertiary alicyclic amines) is 1. The van der Waals surface area contributed by atoms with Crippen LogP contribution in [0.25, 0.3) is 34.8 Å². The normalized spacial score (nSPS) is 15.3. The van der Waals surface area contributed by atoms with Gasteiger partial charge < -0.3 is 4.98 Å². The van der Waals surface area contributed by atoms with Crippen LogP contribution in [0.3, 0.4) is 0 Å². The minimum absolute atomic E-state index is 0.305. The summed E-state index contributed by atoms with van der Waals surface area (Å²) < 4.78 is 14.0. The number of nitrogens with zero attached hydrogens (tertiary/aromatic N) is 4. The second kappa shape index (κ2) is 11.6. The van der Waals surface area contributed by atoms with Crippen LogP contribution in [0.2, 0.25) is 0 Å². The van der Waals surface area contributed by atoms with Crippen LogP contribution in [0.4, 0.5) is 4.39 Å². The molecule has 1 fully saturated rings. The third-order valence-electron chi connectivity index (χ3n) is 7.00. The van der Waals surface area contributed by atoms with E-state index in [9.17, 15) is 4.39 Å². The highest BCUT2D eigenvalue weighted by Crippen LogP contribution is 2.27. The number of benzene rings is 1. The fourth-order valence-corrected chi connectivity index (χ4v) is 5.04. The first-order chi connectivity index (χ1) is 19.0. The van der Waals surface area contributed by atoms with Gasteiger partial charge in [0, 0.05) is 35.4 Å². The Labute approximate surface area is 228 Å². The molecule has 1 aromatic carbocycles. The average molecular weight is 521 g/mol. The van der Waals surface area contributed by atoms with Crippen molar-refractivity contribution >= 4 is 23.3 Å². The molecule has 1 aliphatic rings. The van der Waals surface area contributed by atoms with Gasteiger partial charge in [-0.05, 0) is 86.3 Å². The summed E-state index contributed by atoms with van der Waals surface area (Å²) in [6.07, 6.45) is 13.8. The zero-order chi connectivity index (χ0) is 27.4. The lowest BCUT2D eigenvalue weighted by molar-refractivity contribution is 0.331. The lowest BCUT2D eigenvalue weighted by atomic mass is 10.0. The SMILES string of the molecule is C=C/C=C(/c1cccc(F)c1)c1nc(-c2n[nH]c(=C/C)/c2=C\C(=C)c2cncc(CN3CCCC3)c2)[nH]c1C. The summed E-state index contributed by atoms with van der Waals surface area (Å²) in [5.41, 5.74) is 6.73. The molecule has 4 aromatic rings. The van der Waals surface area contributed by atoms with Crippen LogP contribution >= 0.6 is 0 Å². The van der Waals surface area contributed by atoms with E-state index in [1.807, 2.05) is 50.5 Å². The predicted molar refractivity (Wildman–Crippen MR) is 156 cm³/mol. The van der Waals surface area contributed by atoms with Crippen molar-refractivity contribution in [1.82, 2.24) is 30.0 Å². The number of rotatable bonds is 8. The van der Waals surface area contributed by atoms with Gasteiger partial charge in [-0.15, -0.1) is 0 Å². The zero-order valence-corrected chi connectivity index (χ0v) is 22.5. The lowest BCUT2D eigenvalue weighted by Crippen LogP contribution is -2.23. The second-order valence-corrected chi connectivity index (χ2v) is 9.81. The third-order valence-corrected chi connectivity index (χ3v) is 7.00. The van der Waals surface area contributed by atoms with Crippen LogP contribution < -0.4 is 10.6 Å². The number of allylic oxidation sites excluding steroid dienone is 3. The van der Waals surface area contributed by atoms with Crippen LogP contribution in [0.15, 0.2) is 68.0 Å². The van der Waals surface area contributed by atoms with Crippen LogP contribution in [0, 0.1) is 12.7 Å². The largest absolute Gasteiger partial charge is 0.340 e. The Kier molecular flexibility index (Phi) is 7.79. The molecule has 0 aliphatic carbocycles. The van der Waals surface area contributed by atoms with Crippen molar-refractivity contribution in [1.29, 1.82) is 0 Å². The Morgan fingerprint density at radius 2 is 1.97 bits per heavy atom. The smallest absolute Gasteiger partial charge is 0.159 e. The number of nitrogens with one attached hydrogen (secondary N) is 2. The highest BCUT2D eigenvalue weighted by atomic mass is 19.1. The van der Waals surface area contributed by atoms with E-state index in [2.05, 4.69) is 44.3 Å². The molecule has 0 unspecified atom stereocenters. The molecule has 1 saturated heterocycles. The minimum Gasteiger partial charge on any atom is -0.340 e. The Bertz CT molecular complexity index is 1670. The quantitative estimate of drug-likeness (QED) is 0.315. The van der Waals surface area contributed by atoms with Crippen LogP contribution in [0.5, 0.6) is 0 Å². The first-order valence-electron chi connectivity index (χ1n) is 13.2. The van der Waals surface area contributed by atoms with Gasteiger partial charge in [0.15, 0.2) is 5.82 Å². The van der Waals surface area contributed by atoms with E-state index in [0.717, 1.165) is 58.2 Å². The summed E-state index contributed by atoms with van der Waals surface area (Å²) in [6.45, 7) is 15.3. The molecule has 7 heteroatoms. The van der Waals surface area contributed by atoms with Crippen LogP contribution in [0.1, 0.15) is 47.8 Å². The Balaban J connectivity index is 1.52. The molecule has 3 aromatic heterocycles. The van der Waals surface area contributed by atoms with Gasteiger partial charge in [0.2, 0.25) is 0 Å². The molecule has 0 spiro atoms. The third kappa shape index (κ3) is 5.73. The average Bonchev–Trinajstić information content (AvgIpc) is 3.68. The van der Waals surface area contributed by atoms with E-state index in [1.54, 1.807) is 12.1 Å². The molecule has 0 amide bonds. The fourth-order valence-electron chi connectivity index (χ4n) is 5.04. The summed E-state index contributed by atoms with van der Waals surface area (Å²) in [4.78, 5) is 15.2. The summed E-state index contributed by atoms with van der Waals surface area (Å²) in [5.74, 6) is 0.305. The van der Waals surface area contributed by atoms with Gasteiger partial charge in [0.05, 0.1) is 11.0 Å². The van der Waals surface area contributed by atoms with Gasteiger partial charge in [-0.1, -0.05) is 43.5 Å². The number of aryl methyl sites for hydroxylation is 1. The molecule has 198 valence electrons. The standard InChI is InChI=1S/C32H33FN6/c1-5-10-27(24-11-9-12-26(33)17-24)30-22(4)35-32(36-30)31-28(29(6-2)37-38-31)15-21(3)25-16-23(18-34-19-25)20-39-13-7-8-14-39/h5-6,9-12,15-19,37H,1,3,7-8,13-14,20H2,2,4H3,(H,35,36)/b27-10-,28-15+,29-6+. The van der Waals surface area contributed by atoms with Gasteiger partial charge >= 0.3 is 0 Å². The second-order valence-electron chi connectivity index (χ2n) is 9.81. The molecule has 0 saturated carbocycles. The minimum atomic E-state index is -0.305. The van der Waals surface area contributed by atoms with E-state index in [4.69, 9.17) is 4.98 Å². The molecule has 1 aliphatic heterocycles. The molecule has 0 bridgehead atoms. The van der Waals surface area contributed by atoms with E-state index < -0.39 is 0 Å². The molecule has 6 nitrogen and oxygen atoms in total. The van der Waals surface area contributed by atoms with Crippen molar-refractivity contribution in [2.45, 2.75) is 33.2 Å². The molecule has 39 heavy (non-hydrogen) atoms.